The molecule has 0 aromatic carbocycles. The highest BCUT2D eigenvalue weighted by Gasteiger charge is 2.48. The van der Waals surface area contributed by atoms with Gasteiger partial charge in [0.1, 0.15) is 0 Å². The van der Waals surface area contributed by atoms with Crippen molar-refractivity contribution in [3.05, 3.63) is 36.5 Å². The second-order valence-corrected chi connectivity index (χ2v) is 4.26. The largest absolute Gasteiger partial charge is 0.0765 e. The Hall–Kier alpha value is -0.780. The fourth-order valence-electron chi connectivity index (χ4n) is 2.54. The van der Waals surface area contributed by atoms with Crippen LogP contribution in [-0.2, 0) is 0 Å². The third kappa shape index (κ3) is 0.730. The molecule has 0 N–H and O–H groups in total. The Morgan fingerprint density at radius 3 is 2.08 bits per heavy atom. The summed E-state index contributed by atoms with van der Waals surface area (Å²) in [7, 11) is 0. The summed E-state index contributed by atoms with van der Waals surface area (Å²) in [5.74, 6) is 1.66. The second kappa shape index (κ2) is 2.12. The maximum absolute atomic E-state index is 2.42. The minimum absolute atomic E-state index is 0.502. The average molecular weight is 158 g/mol. The van der Waals surface area contributed by atoms with E-state index in [1.165, 1.54) is 19.3 Å². The van der Waals surface area contributed by atoms with Crippen molar-refractivity contribution in [3.8, 4) is 0 Å². The topological polar surface area (TPSA) is 0 Å². The number of allylic oxidation sites excluding steroid dienone is 6. The summed E-state index contributed by atoms with van der Waals surface area (Å²) in [4.78, 5) is 0. The molecule has 0 heteroatoms. The lowest BCUT2D eigenvalue weighted by atomic mass is 9.67. The van der Waals surface area contributed by atoms with Crippen molar-refractivity contribution in [2.75, 3.05) is 0 Å². The molecule has 62 valence electrons. The first-order valence-electron chi connectivity index (χ1n) is 4.97. The molecule has 3 rings (SSSR count). The average Bonchev–Trinajstić information content (AvgIpc) is 2.61. The Bertz CT molecular complexity index is 258. The first kappa shape index (κ1) is 6.71. The van der Waals surface area contributed by atoms with Crippen LogP contribution in [0.25, 0.3) is 0 Å². The smallest absolute Gasteiger partial charge is 0.0188 e. The van der Waals surface area contributed by atoms with Gasteiger partial charge in [-0.25, -0.2) is 0 Å². The van der Waals surface area contributed by atoms with Crippen LogP contribution in [0.1, 0.15) is 19.3 Å². The first-order chi connectivity index (χ1) is 5.92. The molecule has 0 nitrogen and oxygen atoms in total. The van der Waals surface area contributed by atoms with E-state index in [1.807, 2.05) is 0 Å². The van der Waals surface area contributed by atoms with E-state index in [1.54, 1.807) is 0 Å². The molecule has 1 fully saturated rings. The molecule has 0 aromatic heterocycles. The lowest BCUT2D eigenvalue weighted by Gasteiger charge is -2.37. The summed E-state index contributed by atoms with van der Waals surface area (Å²) in [6.07, 6.45) is 18.3. The second-order valence-electron chi connectivity index (χ2n) is 4.26. The van der Waals surface area contributed by atoms with Crippen LogP contribution in [0.5, 0.6) is 0 Å². The SMILES string of the molecule is C1=CC(C2(C3CCC3)C=C2)C=C1. The molecule has 0 heterocycles. The van der Waals surface area contributed by atoms with Crippen molar-refractivity contribution in [2.45, 2.75) is 19.3 Å². The maximum Gasteiger partial charge on any atom is 0.0188 e. The van der Waals surface area contributed by atoms with Gasteiger partial charge in [0.2, 0.25) is 0 Å². The van der Waals surface area contributed by atoms with E-state index in [0.717, 1.165) is 5.92 Å². The molecule has 0 amide bonds. The molecular weight excluding hydrogens is 144 g/mol. The van der Waals surface area contributed by atoms with Gasteiger partial charge in [-0.1, -0.05) is 42.9 Å². The Morgan fingerprint density at radius 1 is 1.00 bits per heavy atom. The number of hydrogen-bond donors (Lipinski definition) is 0. The third-order valence-corrected chi connectivity index (χ3v) is 3.69. The van der Waals surface area contributed by atoms with E-state index in [2.05, 4.69) is 36.5 Å². The molecule has 0 radical (unpaired) electrons. The molecule has 12 heavy (non-hydrogen) atoms. The summed E-state index contributed by atoms with van der Waals surface area (Å²) in [6.45, 7) is 0. The minimum atomic E-state index is 0.502. The van der Waals surface area contributed by atoms with E-state index < -0.39 is 0 Å². The highest BCUT2D eigenvalue weighted by atomic mass is 14.5. The molecule has 3 aliphatic rings. The third-order valence-electron chi connectivity index (χ3n) is 3.69. The lowest BCUT2D eigenvalue weighted by molar-refractivity contribution is 0.185. The van der Waals surface area contributed by atoms with Crippen LogP contribution in [0.2, 0.25) is 0 Å². The van der Waals surface area contributed by atoms with E-state index >= 15 is 0 Å². The Balaban J connectivity index is 1.81. The van der Waals surface area contributed by atoms with Gasteiger partial charge in [0.05, 0.1) is 0 Å². The van der Waals surface area contributed by atoms with E-state index in [-0.39, 0.29) is 0 Å². The van der Waals surface area contributed by atoms with Crippen LogP contribution in [0.3, 0.4) is 0 Å². The van der Waals surface area contributed by atoms with Crippen molar-refractivity contribution >= 4 is 0 Å². The predicted molar refractivity (Wildman–Crippen MR) is 50.7 cm³/mol. The van der Waals surface area contributed by atoms with Crippen molar-refractivity contribution in [1.29, 1.82) is 0 Å². The zero-order valence-electron chi connectivity index (χ0n) is 7.24. The van der Waals surface area contributed by atoms with Crippen molar-refractivity contribution in [2.24, 2.45) is 17.3 Å². The fourth-order valence-corrected chi connectivity index (χ4v) is 2.54. The molecule has 0 spiro atoms. The number of rotatable bonds is 2. The molecule has 0 saturated heterocycles. The fraction of sp³-hybridized carbons (Fsp3) is 0.500. The van der Waals surface area contributed by atoms with E-state index in [4.69, 9.17) is 0 Å². The summed E-state index contributed by atoms with van der Waals surface area (Å²) in [5, 5.41) is 0. The van der Waals surface area contributed by atoms with Gasteiger partial charge in [-0.05, 0) is 18.8 Å². The number of hydrogen-bond acceptors (Lipinski definition) is 0. The molecule has 3 aliphatic carbocycles. The van der Waals surface area contributed by atoms with Gasteiger partial charge in [0.15, 0.2) is 0 Å². The van der Waals surface area contributed by atoms with Gasteiger partial charge >= 0.3 is 0 Å². The van der Waals surface area contributed by atoms with Gasteiger partial charge < -0.3 is 0 Å². The zero-order valence-corrected chi connectivity index (χ0v) is 7.24. The monoisotopic (exact) mass is 158 g/mol. The highest BCUT2D eigenvalue weighted by Crippen LogP contribution is 2.57. The molecule has 0 atom stereocenters. The Morgan fingerprint density at radius 2 is 1.67 bits per heavy atom. The Kier molecular flexibility index (Phi) is 1.19. The summed E-state index contributed by atoms with van der Waals surface area (Å²) in [6, 6.07) is 0. The Labute approximate surface area is 73.7 Å². The van der Waals surface area contributed by atoms with Crippen molar-refractivity contribution < 1.29 is 0 Å². The highest BCUT2D eigenvalue weighted by molar-refractivity contribution is 5.38. The van der Waals surface area contributed by atoms with Crippen LogP contribution in [-0.4, -0.2) is 0 Å². The van der Waals surface area contributed by atoms with Crippen molar-refractivity contribution in [3.63, 3.8) is 0 Å². The van der Waals surface area contributed by atoms with Crippen LogP contribution < -0.4 is 0 Å². The van der Waals surface area contributed by atoms with Gasteiger partial charge in [0.25, 0.3) is 0 Å². The van der Waals surface area contributed by atoms with Crippen LogP contribution in [0, 0.1) is 17.3 Å². The molecule has 0 aliphatic heterocycles. The molecule has 0 bridgehead atoms. The molecule has 1 saturated carbocycles. The quantitative estimate of drug-likeness (QED) is 0.542. The van der Waals surface area contributed by atoms with E-state index in [9.17, 15) is 0 Å². The normalized spacial score (nSPS) is 31.0. The predicted octanol–water partition coefficient (Wildman–Crippen LogP) is 3.08. The zero-order chi connectivity index (χ0) is 8.02. The summed E-state index contributed by atoms with van der Waals surface area (Å²) >= 11 is 0. The van der Waals surface area contributed by atoms with Gasteiger partial charge in [0, 0.05) is 11.3 Å². The summed E-state index contributed by atoms with van der Waals surface area (Å²) < 4.78 is 0. The molecular formula is C12H14. The van der Waals surface area contributed by atoms with Crippen LogP contribution in [0.4, 0.5) is 0 Å². The lowest BCUT2D eigenvalue weighted by Crippen LogP contribution is -2.29. The maximum atomic E-state index is 2.42. The standard InChI is InChI=1S/C12H14/c1-2-5-10(4-1)12(8-9-12)11-6-3-7-11/h1-2,4-5,8-11H,3,6-7H2. The first-order valence-corrected chi connectivity index (χ1v) is 4.97. The minimum Gasteiger partial charge on any atom is -0.0765 e. The van der Waals surface area contributed by atoms with Crippen LogP contribution in [0.15, 0.2) is 36.5 Å². The van der Waals surface area contributed by atoms with Gasteiger partial charge in [-0.3, -0.25) is 0 Å². The van der Waals surface area contributed by atoms with E-state index in [0.29, 0.717) is 11.3 Å². The van der Waals surface area contributed by atoms with Gasteiger partial charge in [-0.15, -0.1) is 0 Å². The van der Waals surface area contributed by atoms with Gasteiger partial charge in [-0.2, -0.15) is 0 Å². The van der Waals surface area contributed by atoms with Crippen molar-refractivity contribution in [1.82, 2.24) is 0 Å². The molecule has 0 aromatic rings. The van der Waals surface area contributed by atoms with Crippen LogP contribution >= 0.6 is 0 Å². The molecule has 0 unspecified atom stereocenters. The summed E-state index contributed by atoms with van der Waals surface area (Å²) in [5.41, 5.74) is 0.502.